The molecule has 0 radical (unpaired) electrons. The van der Waals surface area contributed by atoms with Gasteiger partial charge in [0.15, 0.2) is 5.69 Å². The maximum Gasteiger partial charge on any atom is 0.419 e. The number of pyridine rings is 1. The maximum absolute atomic E-state index is 11.4. The normalized spacial score (nSPS) is 10.7. The van der Waals surface area contributed by atoms with Crippen molar-refractivity contribution < 1.29 is 29.3 Å². The molecule has 9 nitrogen and oxygen atoms in total. The van der Waals surface area contributed by atoms with E-state index in [1.54, 1.807) is 51.2 Å². The number of aromatic nitrogens is 3. The zero-order valence-corrected chi connectivity index (χ0v) is 15.5. The van der Waals surface area contributed by atoms with Crippen LogP contribution in [0.3, 0.4) is 0 Å². The summed E-state index contributed by atoms with van der Waals surface area (Å²) in [6.07, 6.45) is 3.25. The minimum Gasteiger partial charge on any atom is -0.478 e. The summed E-state index contributed by atoms with van der Waals surface area (Å²) < 4.78 is 6.00. The van der Waals surface area contributed by atoms with E-state index in [1.807, 2.05) is 6.07 Å². The zero-order valence-electron chi connectivity index (χ0n) is 15.5. The molecular weight excluding hydrogens is 366 g/mol. The van der Waals surface area contributed by atoms with Crippen molar-refractivity contribution in [2.75, 3.05) is 0 Å². The molecule has 0 aliphatic heterocycles. The molecule has 2 N–H and O–H groups in total. The van der Waals surface area contributed by atoms with Gasteiger partial charge < -0.3 is 14.9 Å². The van der Waals surface area contributed by atoms with Gasteiger partial charge in [0.2, 0.25) is 0 Å². The molecule has 0 saturated carbocycles. The molecule has 9 heteroatoms. The van der Waals surface area contributed by atoms with E-state index >= 15 is 0 Å². The molecule has 1 aromatic carbocycles. The number of hydrogen-bond donors (Lipinski definition) is 2. The highest BCUT2D eigenvalue weighted by atomic mass is 16.6. The Hall–Kier alpha value is -3.75. The predicted molar refractivity (Wildman–Crippen MR) is 99.5 cm³/mol. The molecule has 0 spiro atoms. The Morgan fingerprint density at radius 3 is 2.32 bits per heavy atom. The Morgan fingerprint density at radius 2 is 1.75 bits per heavy atom. The third-order valence-corrected chi connectivity index (χ3v) is 3.26. The summed E-state index contributed by atoms with van der Waals surface area (Å²) in [4.78, 5) is 40.1. The Bertz CT molecular complexity index is 1020. The van der Waals surface area contributed by atoms with Crippen LogP contribution in [0.25, 0.3) is 10.9 Å². The molecule has 2 heterocycles. The monoisotopic (exact) mass is 385 g/mol. The fraction of sp³-hybridized carbons (Fsp3) is 0.211. The first-order chi connectivity index (χ1) is 13.1. The van der Waals surface area contributed by atoms with Crippen molar-refractivity contribution in [2.45, 2.75) is 26.4 Å². The van der Waals surface area contributed by atoms with E-state index in [2.05, 4.69) is 9.97 Å². The van der Waals surface area contributed by atoms with Crippen molar-refractivity contribution in [1.82, 2.24) is 14.5 Å². The van der Waals surface area contributed by atoms with Crippen LogP contribution >= 0.6 is 0 Å². The fourth-order valence-electron chi connectivity index (χ4n) is 2.06. The average Bonchev–Trinajstić information content (AvgIpc) is 3.11. The molecule has 0 saturated heterocycles. The summed E-state index contributed by atoms with van der Waals surface area (Å²) in [5.74, 6) is -2.09. The first-order valence-electron chi connectivity index (χ1n) is 8.15. The first-order valence-corrected chi connectivity index (χ1v) is 8.15. The van der Waals surface area contributed by atoms with Crippen LogP contribution in [-0.2, 0) is 4.74 Å². The molecule has 0 amide bonds. The topological polar surface area (TPSA) is 132 Å². The van der Waals surface area contributed by atoms with Gasteiger partial charge in [-0.15, -0.1) is 0 Å². The predicted octanol–water partition coefficient (Wildman–Crippen LogP) is 3.30. The number of hydrogen-bond acceptors (Lipinski definition) is 6. The number of carbonyl (C=O) groups is 3. The van der Waals surface area contributed by atoms with Gasteiger partial charge in [-0.2, -0.15) is 0 Å². The zero-order chi connectivity index (χ0) is 20.9. The van der Waals surface area contributed by atoms with Crippen LogP contribution in [-0.4, -0.2) is 48.4 Å². The van der Waals surface area contributed by atoms with Crippen LogP contribution in [0.1, 0.15) is 41.6 Å². The molecule has 3 aromatic rings. The van der Waals surface area contributed by atoms with Crippen molar-refractivity contribution in [2.24, 2.45) is 0 Å². The number of carbonyl (C=O) groups excluding carboxylic acids is 1. The molecular formula is C19H19N3O6. The molecule has 28 heavy (non-hydrogen) atoms. The van der Waals surface area contributed by atoms with E-state index in [4.69, 9.17) is 14.9 Å². The molecule has 0 aliphatic carbocycles. The van der Waals surface area contributed by atoms with Crippen LogP contribution in [0.15, 0.2) is 49.1 Å². The third-order valence-electron chi connectivity index (χ3n) is 3.26. The Labute approximate surface area is 160 Å². The van der Waals surface area contributed by atoms with Crippen LogP contribution in [0, 0.1) is 0 Å². The van der Waals surface area contributed by atoms with Crippen molar-refractivity contribution >= 4 is 28.9 Å². The minimum atomic E-state index is -1.18. The number of rotatable bonds is 2. The number of carboxylic acid groups (broad SMARTS) is 2. The van der Waals surface area contributed by atoms with Crippen molar-refractivity contribution in [3.05, 3.63) is 60.3 Å². The number of imidazole rings is 1. The molecule has 0 bridgehead atoms. The summed E-state index contributed by atoms with van der Waals surface area (Å²) in [6.45, 7) is 5.17. The SMILES string of the molecule is CC(C)(C)OC(=O)n1cnc(C(=O)O)c1.O=C(O)c1ccc2ncccc2c1. The Kier molecular flexibility index (Phi) is 6.09. The lowest BCUT2D eigenvalue weighted by atomic mass is 10.1. The second-order valence-electron chi connectivity index (χ2n) is 6.67. The lowest BCUT2D eigenvalue weighted by molar-refractivity contribution is 0.0535. The van der Waals surface area contributed by atoms with Gasteiger partial charge in [0, 0.05) is 17.8 Å². The lowest BCUT2D eigenvalue weighted by Gasteiger charge is -2.18. The molecule has 146 valence electrons. The summed E-state index contributed by atoms with van der Waals surface area (Å²) in [7, 11) is 0. The molecule has 3 rings (SSSR count). The van der Waals surface area contributed by atoms with E-state index in [9.17, 15) is 14.4 Å². The van der Waals surface area contributed by atoms with Gasteiger partial charge in [-0.1, -0.05) is 6.07 Å². The molecule has 0 fully saturated rings. The van der Waals surface area contributed by atoms with Gasteiger partial charge in [-0.05, 0) is 45.0 Å². The van der Waals surface area contributed by atoms with Gasteiger partial charge in [0.1, 0.15) is 11.9 Å². The third kappa shape index (κ3) is 5.63. The first kappa shape index (κ1) is 20.6. The molecule has 2 aromatic heterocycles. The van der Waals surface area contributed by atoms with Crippen molar-refractivity contribution in [1.29, 1.82) is 0 Å². The fourth-order valence-corrected chi connectivity index (χ4v) is 2.06. The van der Waals surface area contributed by atoms with Crippen LogP contribution in [0.4, 0.5) is 4.79 Å². The largest absolute Gasteiger partial charge is 0.478 e. The number of nitrogens with zero attached hydrogens (tertiary/aromatic N) is 3. The van der Waals surface area contributed by atoms with Crippen molar-refractivity contribution in [3.8, 4) is 0 Å². The highest BCUT2D eigenvalue weighted by molar-refractivity contribution is 5.93. The molecule has 0 unspecified atom stereocenters. The van der Waals surface area contributed by atoms with Gasteiger partial charge in [-0.25, -0.2) is 23.9 Å². The van der Waals surface area contributed by atoms with E-state index in [0.29, 0.717) is 5.56 Å². The van der Waals surface area contributed by atoms with Gasteiger partial charge in [0.25, 0.3) is 0 Å². The van der Waals surface area contributed by atoms with Gasteiger partial charge >= 0.3 is 18.0 Å². The van der Waals surface area contributed by atoms with E-state index < -0.39 is 23.6 Å². The second-order valence-corrected chi connectivity index (χ2v) is 6.67. The van der Waals surface area contributed by atoms with Gasteiger partial charge in [-0.3, -0.25) is 4.98 Å². The number of benzene rings is 1. The lowest BCUT2D eigenvalue weighted by Crippen LogP contribution is -2.26. The highest BCUT2D eigenvalue weighted by Crippen LogP contribution is 2.13. The van der Waals surface area contributed by atoms with Gasteiger partial charge in [0.05, 0.1) is 11.1 Å². The second kappa shape index (κ2) is 8.30. The number of ether oxygens (including phenoxy) is 1. The number of fused-ring (bicyclic) bond motifs is 1. The quantitative estimate of drug-likeness (QED) is 0.687. The Morgan fingerprint density at radius 1 is 1.04 bits per heavy atom. The van der Waals surface area contributed by atoms with Crippen LogP contribution in [0.2, 0.25) is 0 Å². The van der Waals surface area contributed by atoms with E-state index in [0.717, 1.165) is 28.0 Å². The van der Waals surface area contributed by atoms with E-state index in [1.165, 1.54) is 0 Å². The minimum absolute atomic E-state index is 0.194. The smallest absolute Gasteiger partial charge is 0.419 e. The van der Waals surface area contributed by atoms with Crippen molar-refractivity contribution in [3.63, 3.8) is 0 Å². The summed E-state index contributed by atoms with van der Waals surface area (Å²) in [6, 6.07) is 8.50. The highest BCUT2D eigenvalue weighted by Gasteiger charge is 2.19. The Balaban J connectivity index is 0.000000202. The standard InChI is InChI=1S/C10H7NO2.C9H12N2O4/c12-10(13)8-3-4-9-7(6-8)2-1-5-11-9;1-9(2,3)15-8(14)11-4-6(7(12)13)10-5-11/h1-6H,(H,12,13);4-5H,1-3H3,(H,12,13). The average molecular weight is 385 g/mol. The van der Waals surface area contributed by atoms with Crippen LogP contribution in [0.5, 0.6) is 0 Å². The maximum atomic E-state index is 11.4. The number of carboxylic acids is 2. The summed E-state index contributed by atoms with van der Waals surface area (Å²) in [5.41, 5.74) is 0.291. The summed E-state index contributed by atoms with van der Waals surface area (Å²) >= 11 is 0. The molecule has 0 atom stereocenters. The summed E-state index contributed by atoms with van der Waals surface area (Å²) in [5, 5.41) is 18.2. The van der Waals surface area contributed by atoms with Crippen LogP contribution < -0.4 is 0 Å². The number of aromatic carboxylic acids is 2. The molecule has 0 aliphatic rings. The van der Waals surface area contributed by atoms with E-state index in [-0.39, 0.29) is 5.69 Å².